The van der Waals surface area contributed by atoms with Crippen LogP contribution in [0, 0.1) is 0 Å². The van der Waals surface area contributed by atoms with Gasteiger partial charge in [0.05, 0.1) is 19.3 Å². The van der Waals surface area contributed by atoms with Crippen molar-refractivity contribution in [2.45, 2.75) is 0 Å². The Kier molecular flexibility index (Phi) is 2.43. The highest BCUT2D eigenvalue weighted by Crippen LogP contribution is 2.14. The summed E-state index contributed by atoms with van der Waals surface area (Å²) in [7, 11) is -3.08. The molecule has 11 heavy (non-hydrogen) atoms. The Balaban J connectivity index is 2.85. The second kappa shape index (κ2) is 3.02. The summed E-state index contributed by atoms with van der Waals surface area (Å²) >= 11 is 1.36. The molecule has 64 valence electrons. The summed E-state index contributed by atoms with van der Waals surface area (Å²) in [6, 6.07) is 0. The highest BCUT2D eigenvalue weighted by atomic mass is 32.2. The highest BCUT2D eigenvalue weighted by Gasteiger charge is 2.23. The predicted molar refractivity (Wildman–Crippen MR) is 47.4 cm³/mol. The van der Waals surface area contributed by atoms with E-state index in [0.717, 1.165) is 0 Å². The van der Waals surface area contributed by atoms with Gasteiger partial charge < -0.3 is 0 Å². The summed E-state index contributed by atoms with van der Waals surface area (Å²) < 4.78 is 23.4. The standard InChI is InChI=1S/C5H10N2O2S2/c1-10-5-6-3-4-7(5)11(2,8)9/h3-4H2,1-2H3. The monoisotopic (exact) mass is 194 g/mol. The second-order valence-electron chi connectivity index (χ2n) is 2.20. The van der Waals surface area contributed by atoms with Gasteiger partial charge in [0.25, 0.3) is 0 Å². The molecule has 0 aromatic carbocycles. The summed E-state index contributed by atoms with van der Waals surface area (Å²) in [6.45, 7) is 1.08. The lowest BCUT2D eigenvalue weighted by atomic mass is 10.7. The van der Waals surface area contributed by atoms with Crippen LogP contribution in [0.4, 0.5) is 0 Å². The van der Waals surface area contributed by atoms with Gasteiger partial charge in [-0.3, -0.25) is 4.99 Å². The van der Waals surface area contributed by atoms with E-state index in [1.807, 2.05) is 6.26 Å². The molecule has 1 aliphatic heterocycles. The van der Waals surface area contributed by atoms with Gasteiger partial charge in [0.15, 0.2) is 5.17 Å². The molecule has 0 bridgehead atoms. The first-order chi connectivity index (χ1) is 5.05. The quantitative estimate of drug-likeness (QED) is 0.589. The maximum Gasteiger partial charge on any atom is 0.233 e. The van der Waals surface area contributed by atoms with E-state index < -0.39 is 10.0 Å². The number of sulfonamides is 1. The molecule has 0 N–H and O–H groups in total. The van der Waals surface area contributed by atoms with Crippen molar-refractivity contribution in [1.29, 1.82) is 0 Å². The van der Waals surface area contributed by atoms with Crippen molar-refractivity contribution in [2.75, 3.05) is 25.6 Å². The van der Waals surface area contributed by atoms with Crippen molar-refractivity contribution in [1.82, 2.24) is 4.31 Å². The van der Waals surface area contributed by atoms with Gasteiger partial charge in [-0.05, 0) is 6.26 Å². The zero-order chi connectivity index (χ0) is 8.48. The third-order valence-electron chi connectivity index (χ3n) is 1.35. The van der Waals surface area contributed by atoms with Crippen LogP contribution in [0.15, 0.2) is 4.99 Å². The van der Waals surface area contributed by atoms with Gasteiger partial charge in [-0.15, -0.1) is 0 Å². The fourth-order valence-corrected chi connectivity index (χ4v) is 2.78. The fourth-order valence-electron chi connectivity index (χ4n) is 0.885. The lowest BCUT2D eigenvalue weighted by Gasteiger charge is -2.14. The third-order valence-corrected chi connectivity index (χ3v) is 3.33. The maximum atomic E-state index is 11.0. The molecule has 1 rings (SSSR count). The molecule has 4 nitrogen and oxygen atoms in total. The number of amidine groups is 1. The Labute approximate surface area is 70.7 Å². The molecule has 0 radical (unpaired) electrons. The van der Waals surface area contributed by atoms with E-state index >= 15 is 0 Å². The van der Waals surface area contributed by atoms with Crippen molar-refractivity contribution >= 4 is 27.0 Å². The molecule has 0 saturated carbocycles. The molecule has 0 aromatic heterocycles. The average Bonchev–Trinajstić information content (AvgIpc) is 2.31. The minimum absolute atomic E-state index is 0.495. The van der Waals surface area contributed by atoms with Crippen LogP contribution in [-0.4, -0.2) is 43.5 Å². The largest absolute Gasteiger partial charge is 0.260 e. The first-order valence-corrected chi connectivity index (χ1v) is 6.19. The molecule has 0 unspecified atom stereocenters. The maximum absolute atomic E-state index is 11.0. The van der Waals surface area contributed by atoms with Gasteiger partial charge in [0.1, 0.15) is 0 Å². The van der Waals surface area contributed by atoms with Gasteiger partial charge in [-0.25, -0.2) is 12.7 Å². The van der Waals surface area contributed by atoms with Crippen molar-refractivity contribution in [2.24, 2.45) is 4.99 Å². The first kappa shape index (κ1) is 8.86. The lowest BCUT2D eigenvalue weighted by Crippen LogP contribution is -2.31. The summed E-state index contributed by atoms with van der Waals surface area (Å²) in [5.41, 5.74) is 0. The predicted octanol–water partition coefficient (Wildman–Crippen LogP) is -0.0194. The van der Waals surface area contributed by atoms with Gasteiger partial charge in [0, 0.05) is 0 Å². The number of rotatable bonds is 1. The van der Waals surface area contributed by atoms with Crippen LogP contribution in [0.5, 0.6) is 0 Å². The van der Waals surface area contributed by atoms with Crippen LogP contribution in [0.2, 0.25) is 0 Å². The molecule has 0 saturated heterocycles. The Morgan fingerprint density at radius 2 is 2.27 bits per heavy atom. The average molecular weight is 194 g/mol. The van der Waals surface area contributed by atoms with Gasteiger partial charge in [-0.2, -0.15) is 0 Å². The normalized spacial score (nSPS) is 18.7. The Morgan fingerprint density at radius 3 is 2.64 bits per heavy atom. The number of nitrogens with zero attached hydrogens (tertiary/aromatic N) is 2. The van der Waals surface area contributed by atoms with Crippen LogP contribution >= 0.6 is 11.8 Å². The van der Waals surface area contributed by atoms with Crippen molar-refractivity contribution < 1.29 is 8.42 Å². The molecular weight excluding hydrogens is 184 g/mol. The van der Waals surface area contributed by atoms with Crippen molar-refractivity contribution in [3.8, 4) is 0 Å². The van der Waals surface area contributed by atoms with Gasteiger partial charge >= 0.3 is 0 Å². The smallest absolute Gasteiger partial charge is 0.233 e. The molecule has 6 heteroatoms. The van der Waals surface area contributed by atoms with E-state index in [2.05, 4.69) is 4.99 Å². The van der Waals surface area contributed by atoms with Crippen molar-refractivity contribution in [3.05, 3.63) is 0 Å². The second-order valence-corrected chi connectivity index (χ2v) is 4.88. The number of hydrogen-bond acceptors (Lipinski definition) is 4. The summed E-state index contributed by atoms with van der Waals surface area (Å²) in [5, 5.41) is 0.604. The molecular formula is C5H10N2O2S2. The highest BCUT2D eigenvalue weighted by molar-refractivity contribution is 8.14. The van der Waals surface area contributed by atoms with E-state index in [4.69, 9.17) is 0 Å². The van der Waals surface area contributed by atoms with Gasteiger partial charge in [0.2, 0.25) is 10.0 Å². The Bertz CT molecular complexity index is 270. The lowest BCUT2D eigenvalue weighted by molar-refractivity contribution is 0.547. The van der Waals surface area contributed by atoms with Crippen LogP contribution in [-0.2, 0) is 10.0 Å². The number of hydrogen-bond donors (Lipinski definition) is 0. The molecule has 0 spiro atoms. The minimum Gasteiger partial charge on any atom is -0.260 e. The number of aliphatic imine (C=N–C) groups is 1. The zero-order valence-corrected chi connectivity index (χ0v) is 8.07. The van der Waals surface area contributed by atoms with Crippen LogP contribution < -0.4 is 0 Å². The molecule has 0 fully saturated rings. The molecule has 0 amide bonds. The Morgan fingerprint density at radius 1 is 1.64 bits per heavy atom. The summed E-state index contributed by atoms with van der Waals surface area (Å²) in [4.78, 5) is 4.03. The summed E-state index contributed by atoms with van der Waals surface area (Å²) in [5.74, 6) is 0. The van der Waals surface area contributed by atoms with E-state index in [1.165, 1.54) is 22.3 Å². The van der Waals surface area contributed by atoms with Crippen LogP contribution in [0.25, 0.3) is 0 Å². The van der Waals surface area contributed by atoms with E-state index in [1.54, 1.807) is 0 Å². The van der Waals surface area contributed by atoms with Gasteiger partial charge in [-0.1, -0.05) is 11.8 Å². The molecule has 1 aliphatic rings. The SMILES string of the molecule is CSC1=NCCN1S(C)(=O)=O. The molecule has 0 aliphatic carbocycles. The summed E-state index contributed by atoms with van der Waals surface area (Å²) in [6.07, 6.45) is 3.02. The topological polar surface area (TPSA) is 49.7 Å². The third kappa shape index (κ3) is 1.87. The first-order valence-electron chi connectivity index (χ1n) is 3.12. The Hall–Kier alpha value is -0.230. The van der Waals surface area contributed by atoms with Crippen LogP contribution in [0.1, 0.15) is 0 Å². The minimum atomic E-state index is -3.08. The molecule has 0 atom stereocenters. The van der Waals surface area contributed by atoms with E-state index in [-0.39, 0.29) is 0 Å². The molecule has 1 heterocycles. The fraction of sp³-hybridized carbons (Fsp3) is 0.800. The van der Waals surface area contributed by atoms with E-state index in [0.29, 0.717) is 18.3 Å². The van der Waals surface area contributed by atoms with E-state index in [9.17, 15) is 8.42 Å². The number of thioether (sulfide) groups is 1. The molecule has 0 aromatic rings. The zero-order valence-electron chi connectivity index (χ0n) is 6.44. The van der Waals surface area contributed by atoms with Crippen molar-refractivity contribution in [3.63, 3.8) is 0 Å². The van der Waals surface area contributed by atoms with Crippen LogP contribution in [0.3, 0.4) is 0 Å².